The zero-order chi connectivity index (χ0) is 13.8. The molecule has 1 N–H and O–H groups in total. The van der Waals surface area contributed by atoms with Crippen LogP contribution in [0.1, 0.15) is 6.42 Å². The Hall–Kier alpha value is -0.310. The fourth-order valence-electron chi connectivity index (χ4n) is 1.21. The summed E-state index contributed by atoms with van der Waals surface area (Å²) < 4.78 is 50.1. The quantitative estimate of drug-likeness (QED) is 0.787. The second-order valence-corrected chi connectivity index (χ2v) is 7.78. The van der Waals surface area contributed by atoms with Gasteiger partial charge in [0.25, 0.3) is 0 Å². The first-order chi connectivity index (χ1) is 8.33. The van der Waals surface area contributed by atoms with Crippen molar-refractivity contribution in [3.05, 3.63) is 28.5 Å². The molecule has 0 amide bonds. The molecule has 18 heavy (non-hydrogen) atoms. The molecule has 1 unspecified atom stereocenters. The normalized spacial score (nSPS) is 13.5. The molecule has 0 bridgehead atoms. The van der Waals surface area contributed by atoms with Gasteiger partial charge in [-0.1, -0.05) is 0 Å². The van der Waals surface area contributed by atoms with Crippen LogP contribution in [0.25, 0.3) is 0 Å². The maximum absolute atomic E-state index is 13.2. The van der Waals surface area contributed by atoms with Crippen LogP contribution >= 0.6 is 15.9 Å². The lowest BCUT2D eigenvalue weighted by molar-refractivity contribution is 0.576. The molecule has 0 radical (unpaired) electrons. The number of sulfonamides is 1. The lowest BCUT2D eigenvalue weighted by atomic mass is 10.3. The van der Waals surface area contributed by atoms with E-state index in [1.54, 1.807) is 6.26 Å². The maximum atomic E-state index is 13.2. The molecular formula is C10H13BrFNO3S2. The highest BCUT2D eigenvalue weighted by Gasteiger charge is 2.15. The topological polar surface area (TPSA) is 63.2 Å². The molecule has 1 atom stereocenters. The highest BCUT2D eigenvalue weighted by Crippen LogP contribution is 2.19. The van der Waals surface area contributed by atoms with E-state index in [1.807, 2.05) is 0 Å². The second-order valence-electron chi connectivity index (χ2n) is 3.60. The predicted octanol–water partition coefficient (Wildman–Crippen LogP) is 1.64. The average Bonchev–Trinajstić information content (AvgIpc) is 2.28. The summed E-state index contributed by atoms with van der Waals surface area (Å²) in [6.07, 6.45) is 2.03. The van der Waals surface area contributed by atoms with Crippen molar-refractivity contribution >= 4 is 36.8 Å². The van der Waals surface area contributed by atoms with Crippen LogP contribution in [-0.4, -0.2) is 31.2 Å². The van der Waals surface area contributed by atoms with Gasteiger partial charge in [0.05, 0.1) is 9.37 Å². The van der Waals surface area contributed by atoms with Gasteiger partial charge >= 0.3 is 0 Å². The molecule has 0 aliphatic heterocycles. The average molecular weight is 358 g/mol. The van der Waals surface area contributed by atoms with E-state index >= 15 is 0 Å². The van der Waals surface area contributed by atoms with Crippen molar-refractivity contribution in [1.82, 2.24) is 4.72 Å². The first kappa shape index (κ1) is 15.7. The van der Waals surface area contributed by atoms with Gasteiger partial charge in [-0.2, -0.15) is 0 Å². The summed E-state index contributed by atoms with van der Waals surface area (Å²) in [5.74, 6) is -0.204. The van der Waals surface area contributed by atoms with Gasteiger partial charge in [0.15, 0.2) is 0 Å². The monoisotopic (exact) mass is 357 g/mol. The standard InChI is InChI=1S/C10H13BrFNO3S2/c1-17(14)6-2-5-13-18(15,16)8-3-4-9(11)10(12)7-8/h3-4,7,13H,2,5-6H2,1H3. The van der Waals surface area contributed by atoms with Crippen LogP contribution in [-0.2, 0) is 20.8 Å². The van der Waals surface area contributed by atoms with E-state index in [0.717, 1.165) is 6.07 Å². The number of rotatable bonds is 6. The lowest BCUT2D eigenvalue weighted by Gasteiger charge is -2.06. The summed E-state index contributed by atoms with van der Waals surface area (Å²) in [6, 6.07) is 3.60. The van der Waals surface area contributed by atoms with Crippen molar-refractivity contribution < 1.29 is 17.0 Å². The van der Waals surface area contributed by atoms with E-state index in [2.05, 4.69) is 20.7 Å². The Morgan fingerprint density at radius 2 is 2.11 bits per heavy atom. The number of halogens is 2. The molecule has 0 fully saturated rings. The fourth-order valence-corrected chi connectivity index (χ4v) is 3.09. The van der Waals surface area contributed by atoms with Crippen LogP contribution in [0.2, 0.25) is 0 Å². The van der Waals surface area contributed by atoms with Crippen LogP contribution in [0.4, 0.5) is 4.39 Å². The molecule has 0 saturated heterocycles. The Bertz CT molecular complexity index is 548. The highest BCUT2D eigenvalue weighted by molar-refractivity contribution is 9.10. The van der Waals surface area contributed by atoms with Crippen LogP contribution in [0, 0.1) is 5.82 Å². The van der Waals surface area contributed by atoms with Gasteiger partial charge in [0.2, 0.25) is 10.0 Å². The van der Waals surface area contributed by atoms with Crippen molar-refractivity contribution in [2.24, 2.45) is 0 Å². The number of nitrogens with one attached hydrogen (secondary N) is 1. The van der Waals surface area contributed by atoms with E-state index in [0.29, 0.717) is 12.2 Å². The molecule has 8 heteroatoms. The summed E-state index contributed by atoms with van der Waals surface area (Å²) in [4.78, 5) is -0.124. The van der Waals surface area contributed by atoms with Gasteiger partial charge in [-0.3, -0.25) is 4.21 Å². The molecule has 0 aliphatic carbocycles. The summed E-state index contributed by atoms with van der Waals surface area (Å²) in [6.45, 7) is 0.180. The van der Waals surface area contributed by atoms with Crippen LogP contribution in [0.15, 0.2) is 27.6 Å². The number of hydrogen-bond donors (Lipinski definition) is 1. The SMILES string of the molecule is CS(=O)CCCNS(=O)(=O)c1ccc(Br)c(F)c1. The zero-order valence-corrected chi connectivity index (χ0v) is 12.9. The Labute approximate surface area is 117 Å². The van der Waals surface area contributed by atoms with Crippen molar-refractivity contribution in [1.29, 1.82) is 0 Å². The molecule has 0 spiro atoms. The van der Waals surface area contributed by atoms with E-state index in [9.17, 15) is 17.0 Å². The Kier molecular flexibility index (Phi) is 5.90. The van der Waals surface area contributed by atoms with E-state index in [1.165, 1.54) is 12.1 Å². The molecule has 1 rings (SSSR count). The molecular weight excluding hydrogens is 345 g/mol. The molecule has 1 aromatic carbocycles. The van der Waals surface area contributed by atoms with E-state index in [4.69, 9.17) is 0 Å². The molecule has 0 saturated carbocycles. The van der Waals surface area contributed by atoms with Gasteiger partial charge < -0.3 is 0 Å². The molecule has 4 nitrogen and oxygen atoms in total. The molecule has 0 aromatic heterocycles. The van der Waals surface area contributed by atoms with Crippen molar-refractivity contribution in [3.8, 4) is 0 Å². The third-order valence-corrected chi connectivity index (χ3v) is 5.07. The van der Waals surface area contributed by atoms with Crippen molar-refractivity contribution in [3.63, 3.8) is 0 Å². The number of benzene rings is 1. The van der Waals surface area contributed by atoms with Gasteiger partial charge in [-0.25, -0.2) is 17.5 Å². The first-order valence-electron chi connectivity index (χ1n) is 5.07. The van der Waals surface area contributed by atoms with Gasteiger partial charge in [0.1, 0.15) is 5.82 Å². The second kappa shape index (κ2) is 6.74. The minimum absolute atomic E-state index is 0.124. The van der Waals surface area contributed by atoms with E-state index in [-0.39, 0.29) is 15.9 Å². The third kappa shape index (κ3) is 4.75. The van der Waals surface area contributed by atoms with E-state index < -0.39 is 26.6 Å². The summed E-state index contributed by atoms with van der Waals surface area (Å²) in [7, 11) is -4.65. The van der Waals surface area contributed by atoms with Crippen LogP contribution < -0.4 is 4.72 Å². The summed E-state index contributed by atoms with van der Waals surface area (Å²) >= 11 is 2.95. The Morgan fingerprint density at radius 3 is 2.67 bits per heavy atom. The van der Waals surface area contributed by atoms with Crippen LogP contribution in [0.5, 0.6) is 0 Å². The zero-order valence-electron chi connectivity index (χ0n) is 9.65. The maximum Gasteiger partial charge on any atom is 0.240 e. The largest absolute Gasteiger partial charge is 0.260 e. The lowest BCUT2D eigenvalue weighted by Crippen LogP contribution is -2.25. The van der Waals surface area contributed by atoms with Gasteiger partial charge in [-0.05, 0) is 40.5 Å². The minimum Gasteiger partial charge on any atom is -0.260 e. The van der Waals surface area contributed by atoms with Gasteiger partial charge in [0, 0.05) is 29.4 Å². The predicted molar refractivity (Wildman–Crippen MR) is 72.8 cm³/mol. The smallest absolute Gasteiger partial charge is 0.240 e. The number of hydrogen-bond acceptors (Lipinski definition) is 3. The van der Waals surface area contributed by atoms with Gasteiger partial charge in [-0.15, -0.1) is 0 Å². The molecule has 102 valence electrons. The van der Waals surface area contributed by atoms with Crippen LogP contribution in [0.3, 0.4) is 0 Å². The minimum atomic E-state index is -3.71. The third-order valence-electron chi connectivity index (χ3n) is 2.10. The summed E-state index contributed by atoms with van der Waals surface area (Å²) in [5, 5.41) is 0. The van der Waals surface area contributed by atoms with Crippen molar-refractivity contribution in [2.75, 3.05) is 18.6 Å². The molecule has 0 aliphatic rings. The summed E-state index contributed by atoms with van der Waals surface area (Å²) in [5.41, 5.74) is 0. The Balaban J connectivity index is 2.68. The highest BCUT2D eigenvalue weighted by atomic mass is 79.9. The van der Waals surface area contributed by atoms with Crippen molar-refractivity contribution in [2.45, 2.75) is 11.3 Å². The first-order valence-corrected chi connectivity index (χ1v) is 9.08. The molecule has 0 heterocycles. The fraction of sp³-hybridized carbons (Fsp3) is 0.400. The molecule has 1 aromatic rings. The Morgan fingerprint density at radius 1 is 1.44 bits per heavy atom.